The van der Waals surface area contributed by atoms with E-state index in [0.29, 0.717) is 35.5 Å². The maximum Gasteiger partial charge on any atom is 0.257 e. The predicted molar refractivity (Wildman–Crippen MR) is 96.9 cm³/mol. The number of hydrogen-bond acceptors (Lipinski definition) is 5. The Morgan fingerprint density at radius 2 is 2.12 bits per heavy atom. The molecule has 0 spiro atoms. The van der Waals surface area contributed by atoms with Crippen molar-refractivity contribution in [2.45, 2.75) is 18.8 Å². The van der Waals surface area contributed by atoms with Gasteiger partial charge in [0, 0.05) is 13.1 Å². The van der Waals surface area contributed by atoms with E-state index in [1.807, 2.05) is 34.5 Å². The van der Waals surface area contributed by atoms with Gasteiger partial charge in [0.25, 0.3) is 11.8 Å². The highest BCUT2D eigenvalue weighted by Gasteiger charge is 2.29. The second-order valence-corrected chi connectivity index (χ2v) is 7.35. The summed E-state index contributed by atoms with van der Waals surface area (Å²) in [5.41, 5.74) is 0.537. The third kappa shape index (κ3) is 3.32. The number of halogens is 1. The Labute approximate surface area is 154 Å². The van der Waals surface area contributed by atoms with Crippen molar-refractivity contribution < 1.29 is 9.21 Å². The molecule has 1 aliphatic heterocycles. The number of amides is 1. The monoisotopic (exact) mass is 373 g/mol. The fraction of sp³-hybridized carbons (Fsp3) is 0.278. The van der Waals surface area contributed by atoms with Gasteiger partial charge in [0.1, 0.15) is 0 Å². The van der Waals surface area contributed by atoms with Gasteiger partial charge in [-0.25, -0.2) is 0 Å². The molecule has 5 nitrogen and oxygen atoms in total. The number of thiophene rings is 1. The lowest BCUT2D eigenvalue weighted by molar-refractivity contribution is 0.0698. The van der Waals surface area contributed by atoms with Crippen molar-refractivity contribution in [2.75, 3.05) is 13.1 Å². The molecule has 2 aromatic heterocycles. The van der Waals surface area contributed by atoms with E-state index in [0.717, 1.165) is 17.7 Å². The first-order valence-corrected chi connectivity index (χ1v) is 9.39. The van der Waals surface area contributed by atoms with Crippen molar-refractivity contribution in [3.05, 3.63) is 58.3 Å². The Balaban J connectivity index is 1.51. The highest BCUT2D eigenvalue weighted by atomic mass is 35.5. The van der Waals surface area contributed by atoms with Crippen LogP contribution >= 0.6 is 22.9 Å². The third-order valence-electron chi connectivity index (χ3n) is 4.33. The molecule has 0 saturated carbocycles. The maximum absolute atomic E-state index is 12.8. The Kier molecular flexibility index (Phi) is 4.55. The fourth-order valence-electron chi connectivity index (χ4n) is 3.07. The van der Waals surface area contributed by atoms with Crippen molar-refractivity contribution in [1.82, 2.24) is 15.1 Å². The lowest BCUT2D eigenvalue weighted by Gasteiger charge is -2.31. The molecule has 3 heterocycles. The highest BCUT2D eigenvalue weighted by molar-refractivity contribution is 7.13. The molecule has 25 heavy (non-hydrogen) atoms. The van der Waals surface area contributed by atoms with Crippen LogP contribution < -0.4 is 0 Å². The molecule has 1 amide bonds. The van der Waals surface area contributed by atoms with Crippen molar-refractivity contribution in [1.29, 1.82) is 0 Å². The topological polar surface area (TPSA) is 59.2 Å². The average molecular weight is 374 g/mol. The molecule has 0 unspecified atom stereocenters. The first-order valence-electron chi connectivity index (χ1n) is 8.13. The quantitative estimate of drug-likeness (QED) is 0.679. The summed E-state index contributed by atoms with van der Waals surface area (Å²) in [7, 11) is 0. The molecule has 128 valence electrons. The molecule has 0 radical (unpaired) electrons. The van der Waals surface area contributed by atoms with Gasteiger partial charge in [-0.3, -0.25) is 4.79 Å². The third-order valence-corrected chi connectivity index (χ3v) is 5.52. The van der Waals surface area contributed by atoms with Gasteiger partial charge in [-0.2, -0.15) is 0 Å². The van der Waals surface area contributed by atoms with Crippen LogP contribution in [0.4, 0.5) is 0 Å². The van der Waals surface area contributed by atoms with E-state index in [4.69, 9.17) is 16.0 Å². The van der Waals surface area contributed by atoms with E-state index in [1.165, 1.54) is 0 Å². The van der Waals surface area contributed by atoms with Gasteiger partial charge in [0.05, 0.1) is 21.4 Å². The molecule has 1 fully saturated rings. The number of likely N-dealkylation sites (tertiary alicyclic amines) is 1. The fourth-order valence-corrected chi connectivity index (χ4v) is 3.93. The van der Waals surface area contributed by atoms with Crippen LogP contribution in [0.2, 0.25) is 5.02 Å². The number of benzene rings is 1. The van der Waals surface area contributed by atoms with Crippen LogP contribution in [0.25, 0.3) is 10.8 Å². The predicted octanol–water partition coefficient (Wildman–Crippen LogP) is 4.47. The van der Waals surface area contributed by atoms with Crippen molar-refractivity contribution in [2.24, 2.45) is 0 Å². The second-order valence-electron chi connectivity index (χ2n) is 5.99. The van der Waals surface area contributed by atoms with E-state index in [-0.39, 0.29) is 11.8 Å². The molecular weight excluding hydrogens is 358 g/mol. The zero-order chi connectivity index (χ0) is 17.2. The largest absolute Gasteiger partial charge is 0.420 e. The average Bonchev–Trinajstić information content (AvgIpc) is 3.33. The summed E-state index contributed by atoms with van der Waals surface area (Å²) in [5, 5.41) is 10.8. The van der Waals surface area contributed by atoms with E-state index in [9.17, 15) is 4.79 Å². The van der Waals surface area contributed by atoms with Crippen molar-refractivity contribution in [3.63, 3.8) is 0 Å². The van der Waals surface area contributed by atoms with E-state index in [1.54, 1.807) is 23.5 Å². The van der Waals surface area contributed by atoms with Gasteiger partial charge in [-0.15, -0.1) is 21.5 Å². The van der Waals surface area contributed by atoms with Gasteiger partial charge in [-0.05, 0) is 36.4 Å². The molecule has 1 saturated heterocycles. The summed E-state index contributed by atoms with van der Waals surface area (Å²) >= 11 is 7.73. The van der Waals surface area contributed by atoms with Crippen LogP contribution in [0.5, 0.6) is 0 Å². The second kappa shape index (κ2) is 6.98. The molecule has 0 N–H and O–H groups in total. The van der Waals surface area contributed by atoms with Crippen molar-refractivity contribution >= 4 is 28.8 Å². The van der Waals surface area contributed by atoms with Gasteiger partial charge in [-0.1, -0.05) is 29.8 Å². The van der Waals surface area contributed by atoms with Crippen LogP contribution in [0.15, 0.2) is 46.2 Å². The van der Waals surface area contributed by atoms with E-state index >= 15 is 0 Å². The summed E-state index contributed by atoms with van der Waals surface area (Å²) in [6.07, 6.45) is 1.83. The number of piperidine rings is 1. The molecule has 7 heteroatoms. The van der Waals surface area contributed by atoms with Crippen LogP contribution in [0, 0.1) is 0 Å². The van der Waals surface area contributed by atoms with Crippen LogP contribution in [-0.2, 0) is 0 Å². The lowest BCUT2D eigenvalue weighted by atomic mass is 9.97. The number of carbonyl (C=O) groups is 1. The van der Waals surface area contributed by atoms with Gasteiger partial charge >= 0.3 is 0 Å². The lowest BCUT2D eigenvalue weighted by Crippen LogP contribution is -2.39. The number of carbonyl (C=O) groups excluding carboxylic acids is 1. The summed E-state index contributed by atoms with van der Waals surface area (Å²) in [6.45, 7) is 1.28. The minimum atomic E-state index is -0.0479. The highest BCUT2D eigenvalue weighted by Crippen LogP contribution is 2.31. The number of rotatable bonds is 3. The Morgan fingerprint density at radius 1 is 1.24 bits per heavy atom. The van der Waals surface area contributed by atoms with Gasteiger partial charge in [0.15, 0.2) is 0 Å². The first kappa shape index (κ1) is 16.3. The SMILES string of the molecule is O=C(c1ccccc1Cl)N1CCC[C@H](c2nnc(-c3cccs3)o2)C1. The summed E-state index contributed by atoms with van der Waals surface area (Å²) < 4.78 is 5.85. The normalized spacial score (nSPS) is 17.6. The minimum absolute atomic E-state index is 0.0479. The minimum Gasteiger partial charge on any atom is -0.420 e. The van der Waals surface area contributed by atoms with Gasteiger partial charge < -0.3 is 9.32 Å². The van der Waals surface area contributed by atoms with Crippen LogP contribution in [-0.4, -0.2) is 34.1 Å². The summed E-state index contributed by atoms with van der Waals surface area (Å²) in [4.78, 5) is 15.5. The first-order chi connectivity index (χ1) is 12.2. The Hall–Kier alpha value is -2.18. The zero-order valence-corrected chi connectivity index (χ0v) is 15.0. The molecule has 1 atom stereocenters. The zero-order valence-electron chi connectivity index (χ0n) is 13.4. The smallest absolute Gasteiger partial charge is 0.257 e. The maximum atomic E-state index is 12.8. The molecule has 1 aromatic carbocycles. The molecule has 0 bridgehead atoms. The molecule has 0 aliphatic carbocycles. The van der Waals surface area contributed by atoms with Crippen molar-refractivity contribution in [3.8, 4) is 10.8 Å². The molecular formula is C18H16ClN3O2S. The Bertz CT molecular complexity index is 878. The number of nitrogens with zero attached hydrogens (tertiary/aromatic N) is 3. The molecule has 3 aromatic rings. The molecule has 4 rings (SSSR count). The number of aromatic nitrogens is 2. The van der Waals surface area contributed by atoms with Gasteiger partial charge in [0.2, 0.25) is 5.89 Å². The molecule has 1 aliphatic rings. The standard InChI is InChI=1S/C18H16ClN3O2S/c19-14-7-2-1-6-13(14)18(23)22-9-3-5-12(11-22)16-20-21-17(24-16)15-8-4-10-25-15/h1-2,4,6-8,10,12H,3,5,9,11H2/t12-/m0/s1. The number of hydrogen-bond donors (Lipinski definition) is 0. The van der Waals surface area contributed by atoms with Crippen LogP contribution in [0.1, 0.15) is 35.0 Å². The Morgan fingerprint density at radius 3 is 2.92 bits per heavy atom. The van der Waals surface area contributed by atoms with E-state index < -0.39 is 0 Å². The van der Waals surface area contributed by atoms with Crippen LogP contribution in [0.3, 0.4) is 0 Å². The van der Waals surface area contributed by atoms with E-state index in [2.05, 4.69) is 10.2 Å². The summed E-state index contributed by atoms with van der Waals surface area (Å²) in [6, 6.07) is 11.1. The summed E-state index contributed by atoms with van der Waals surface area (Å²) in [5.74, 6) is 1.15.